The first-order chi connectivity index (χ1) is 9.45. The van der Waals surface area contributed by atoms with Crippen LogP contribution < -0.4 is 10.7 Å². The molecule has 0 spiro atoms. The molecule has 1 heterocycles. The minimum absolute atomic E-state index is 0.0497. The molecule has 0 radical (unpaired) electrons. The second-order valence-electron chi connectivity index (χ2n) is 4.30. The summed E-state index contributed by atoms with van der Waals surface area (Å²) in [7, 11) is 0. The van der Waals surface area contributed by atoms with Crippen molar-refractivity contribution in [3.8, 4) is 0 Å². The monoisotopic (exact) mass is 284 g/mol. The summed E-state index contributed by atoms with van der Waals surface area (Å²) < 4.78 is 4.81. The van der Waals surface area contributed by atoms with Gasteiger partial charge in [0.25, 0.3) is 0 Å². The number of hydrogen-bond donors (Lipinski definition) is 2. The van der Waals surface area contributed by atoms with Crippen LogP contribution in [-0.2, 0) is 9.53 Å². The maximum Gasteiger partial charge on any atom is 0.338 e. The third-order valence-electron chi connectivity index (χ3n) is 2.68. The molecule has 4 amide bonds. The Morgan fingerprint density at radius 3 is 2.65 bits per heavy atom. The average molecular weight is 284 g/mol. The van der Waals surface area contributed by atoms with E-state index in [0.717, 1.165) is 0 Å². The number of ether oxygens (including phenoxy) is 1. The highest BCUT2D eigenvalue weighted by Crippen LogP contribution is 2.04. The van der Waals surface area contributed by atoms with Gasteiger partial charge in [-0.15, -0.1) is 0 Å². The molecule has 112 valence electrons. The maximum absolute atomic E-state index is 11.7. The molecule has 0 saturated carbocycles. The smallest absolute Gasteiger partial charge is 0.338 e. The van der Waals surface area contributed by atoms with Gasteiger partial charge in [0.15, 0.2) is 0 Å². The number of nitrogens with one attached hydrogen (secondary N) is 2. The highest BCUT2D eigenvalue weighted by Gasteiger charge is 2.28. The van der Waals surface area contributed by atoms with Crippen LogP contribution in [0, 0.1) is 0 Å². The van der Waals surface area contributed by atoms with Gasteiger partial charge >= 0.3 is 18.0 Å². The Morgan fingerprint density at radius 2 is 2.10 bits per heavy atom. The lowest BCUT2D eigenvalue weighted by atomic mass is 10.4. The summed E-state index contributed by atoms with van der Waals surface area (Å²) in [6.07, 6.45) is 0. The van der Waals surface area contributed by atoms with Crippen molar-refractivity contribution in [2.24, 2.45) is 0 Å². The predicted molar refractivity (Wildman–Crippen MR) is 71.7 cm³/mol. The lowest BCUT2D eigenvalue weighted by molar-refractivity contribution is -0.138. The predicted octanol–water partition coefficient (Wildman–Crippen LogP) is 0.0774. The number of carbonyl (C=O) groups is 3. The lowest BCUT2D eigenvalue weighted by Crippen LogP contribution is -2.49. The molecule has 20 heavy (non-hydrogen) atoms. The minimum Gasteiger partial charge on any atom is -0.460 e. The molecule has 0 unspecified atom stereocenters. The number of nitrogens with zero attached hydrogens (tertiary/aromatic N) is 2. The molecule has 2 N–H and O–H groups in total. The van der Waals surface area contributed by atoms with Crippen LogP contribution in [0.15, 0.2) is 12.2 Å². The van der Waals surface area contributed by atoms with E-state index in [1.807, 2.05) is 6.92 Å². The fraction of sp³-hybridized carbons (Fsp3) is 0.583. The topological polar surface area (TPSA) is 91.0 Å². The second kappa shape index (κ2) is 7.37. The minimum atomic E-state index is -0.511. The van der Waals surface area contributed by atoms with Crippen LogP contribution >= 0.6 is 0 Å². The summed E-state index contributed by atoms with van der Waals surface area (Å²) in [5.41, 5.74) is 2.74. The molecule has 0 aromatic carbocycles. The first kappa shape index (κ1) is 15.8. The molecule has 0 atom stereocenters. The number of urea groups is 2. The molecule has 8 nitrogen and oxygen atoms in total. The summed E-state index contributed by atoms with van der Waals surface area (Å²) in [5.74, 6) is -0.500. The summed E-state index contributed by atoms with van der Waals surface area (Å²) in [4.78, 5) is 35.9. The van der Waals surface area contributed by atoms with Gasteiger partial charge in [0.1, 0.15) is 6.61 Å². The number of carbonyl (C=O) groups excluding carboxylic acids is 3. The molecule has 1 aliphatic heterocycles. The van der Waals surface area contributed by atoms with E-state index in [-0.39, 0.29) is 19.2 Å². The van der Waals surface area contributed by atoms with Gasteiger partial charge in [-0.2, -0.15) is 0 Å². The van der Waals surface area contributed by atoms with Gasteiger partial charge in [-0.05, 0) is 13.8 Å². The zero-order valence-electron chi connectivity index (χ0n) is 11.8. The lowest BCUT2D eigenvalue weighted by Gasteiger charge is -2.18. The maximum atomic E-state index is 11.7. The first-order valence-electron chi connectivity index (χ1n) is 6.39. The van der Waals surface area contributed by atoms with Crippen molar-refractivity contribution >= 4 is 18.0 Å². The summed E-state index contributed by atoms with van der Waals surface area (Å²) in [6, 6.07) is -0.737. The average Bonchev–Trinajstić information content (AvgIpc) is 2.75. The van der Waals surface area contributed by atoms with E-state index in [2.05, 4.69) is 17.3 Å². The number of rotatable bonds is 6. The normalized spacial score (nSPS) is 14.2. The van der Waals surface area contributed by atoms with Gasteiger partial charge in [0.2, 0.25) is 0 Å². The Balaban J connectivity index is 2.20. The van der Waals surface area contributed by atoms with Crippen molar-refractivity contribution < 1.29 is 19.1 Å². The quantitative estimate of drug-likeness (QED) is 0.410. The van der Waals surface area contributed by atoms with E-state index in [9.17, 15) is 14.4 Å². The van der Waals surface area contributed by atoms with Crippen LogP contribution in [0.4, 0.5) is 9.59 Å². The zero-order chi connectivity index (χ0) is 15.1. The fourth-order valence-corrected chi connectivity index (χ4v) is 1.57. The Morgan fingerprint density at radius 1 is 1.40 bits per heavy atom. The molecule has 1 aliphatic rings. The fourth-order valence-electron chi connectivity index (χ4n) is 1.57. The van der Waals surface area contributed by atoms with Crippen LogP contribution in [0.5, 0.6) is 0 Å². The Bertz CT molecular complexity index is 410. The number of likely N-dealkylation sites (N-methyl/N-ethyl adjacent to an activating group) is 1. The molecular formula is C12H20N4O4. The Kier molecular flexibility index (Phi) is 5.82. The molecule has 8 heteroatoms. The van der Waals surface area contributed by atoms with Crippen molar-refractivity contribution in [1.82, 2.24) is 20.7 Å². The van der Waals surface area contributed by atoms with Crippen molar-refractivity contribution in [3.05, 3.63) is 12.2 Å². The van der Waals surface area contributed by atoms with E-state index >= 15 is 0 Å². The van der Waals surface area contributed by atoms with Crippen molar-refractivity contribution in [3.63, 3.8) is 0 Å². The third kappa shape index (κ3) is 4.45. The second-order valence-corrected chi connectivity index (χ2v) is 4.30. The van der Waals surface area contributed by atoms with Crippen LogP contribution in [0.25, 0.3) is 0 Å². The van der Waals surface area contributed by atoms with Crippen LogP contribution in [0.2, 0.25) is 0 Å². The highest BCUT2D eigenvalue weighted by atomic mass is 16.5. The third-order valence-corrected chi connectivity index (χ3v) is 2.68. The summed E-state index contributed by atoms with van der Waals surface area (Å²) in [5, 5.41) is 3.74. The van der Waals surface area contributed by atoms with Gasteiger partial charge < -0.3 is 15.0 Å². The van der Waals surface area contributed by atoms with E-state index in [1.165, 1.54) is 5.01 Å². The van der Waals surface area contributed by atoms with E-state index in [0.29, 0.717) is 25.2 Å². The zero-order valence-corrected chi connectivity index (χ0v) is 11.8. The van der Waals surface area contributed by atoms with E-state index < -0.39 is 12.0 Å². The summed E-state index contributed by atoms with van der Waals surface area (Å²) >= 11 is 0. The van der Waals surface area contributed by atoms with Gasteiger partial charge in [-0.25, -0.2) is 24.8 Å². The van der Waals surface area contributed by atoms with Crippen LogP contribution in [-0.4, -0.2) is 60.7 Å². The molecule has 0 aromatic rings. The largest absolute Gasteiger partial charge is 0.460 e. The van der Waals surface area contributed by atoms with Crippen molar-refractivity contribution in [2.45, 2.75) is 13.8 Å². The van der Waals surface area contributed by atoms with Gasteiger partial charge in [0, 0.05) is 18.7 Å². The molecule has 1 fully saturated rings. The Labute approximate surface area is 117 Å². The molecule has 1 rings (SSSR count). The highest BCUT2D eigenvalue weighted by molar-refractivity contribution is 5.87. The van der Waals surface area contributed by atoms with Gasteiger partial charge in [0.05, 0.1) is 13.1 Å². The number of hydrogen-bond acceptors (Lipinski definition) is 4. The first-order valence-corrected chi connectivity index (χ1v) is 6.39. The SMILES string of the molecule is C=C(C)C(=O)OCCNC(=O)NN1CCN(CC)C1=O. The van der Waals surface area contributed by atoms with E-state index in [1.54, 1.807) is 11.8 Å². The van der Waals surface area contributed by atoms with Gasteiger partial charge in [-0.1, -0.05) is 6.58 Å². The molecule has 0 aliphatic carbocycles. The summed E-state index contributed by atoms with van der Waals surface area (Å²) in [6.45, 7) is 8.70. The Hall–Kier alpha value is -2.25. The molecule has 1 saturated heterocycles. The van der Waals surface area contributed by atoms with Crippen LogP contribution in [0.1, 0.15) is 13.8 Å². The standard InChI is InChI=1S/C12H20N4O4/c1-4-15-6-7-16(12(15)19)14-11(18)13-5-8-20-10(17)9(2)3/h2,4-8H2,1,3H3,(H2,13,14,18). The number of esters is 1. The van der Waals surface area contributed by atoms with E-state index in [4.69, 9.17) is 4.74 Å². The molecule has 0 bridgehead atoms. The van der Waals surface area contributed by atoms with Crippen LogP contribution in [0.3, 0.4) is 0 Å². The molecule has 0 aromatic heterocycles. The van der Waals surface area contributed by atoms with Gasteiger partial charge in [-0.3, -0.25) is 0 Å². The van der Waals surface area contributed by atoms with Crippen molar-refractivity contribution in [1.29, 1.82) is 0 Å². The number of amides is 4. The molecular weight excluding hydrogens is 264 g/mol. The number of hydrazine groups is 1. The van der Waals surface area contributed by atoms with Crippen molar-refractivity contribution in [2.75, 3.05) is 32.8 Å².